The summed E-state index contributed by atoms with van der Waals surface area (Å²) >= 11 is 0. The third kappa shape index (κ3) is 3.54. The van der Waals surface area contributed by atoms with Crippen LogP contribution in [0.25, 0.3) is 0 Å². The van der Waals surface area contributed by atoms with Gasteiger partial charge in [-0.1, -0.05) is 19.8 Å². The van der Waals surface area contributed by atoms with Gasteiger partial charge in [0.2, 0.25) is 0 Å². The van der Waals surface area contributed by atoms with Crippen molar-refractivity contribution < 1.29 is 33.6 Å². The number of methoxy groups -OCH3 is 5. The maximum absolute atomic E-state index is 13.7. The van der Waals surface area contributed by atoms with Crippen LogP contribution >= 0.6 is 0 Å². The van der Waals surface area contributed by atoms with Crippen molar-refractivity contribution in [2.24, 2.45) is 0 Å². The first-order valence-corrected chi connectivity index (χ1v) is 10.6. The molecule has 32 heavy (non-hydrogen) atoms. The third-order valence-corrected chi connectivity index (χ3v) is 6.39. The van der Waals surface area contributed by atoms with E-state index in [1.165, 1.54) is 14.2 Å². The summed E-state index contributed by atoms with van der Waals surface area (Å²) in [5.74, 6) is 1.46. The van der Waals surface area contributed by atoms with Crippen LogP contribution in [0.2, 0.25) is 0 Å². The van der Waals surface area contributed by atoms with Gasteiger partial charge in [-0.25, -0.2) is 0 Å². The van der Waals surface area contributed by atoms with Crippen LogP contribution in [0.3, 0.4) is 0 Å². The molecule has 0 saturated carbocycles. The number of carbonyl (C=O) groups is 1. The Balaban J connectivity index is 2.47. The molecule has 0 aliphatic heterocycles. The van der Waals surface area contributed by atoms with Crippen molar-refractivity contribution >= 4 is 5.97 Å². The summed E-state index contributed by atoms with van der Waals surface area (Å²) in [5.41, 5.74) is -1.16. The molecule has 1 N–H and O–H groups in total. The first-order valence-electron chi connectivity index (χ1n) is 10.6. The minimum Gasteiger partial charge on any atom is -0.497 e. The molecule has 0 unspecified atom stereocenters. The van der Waals surface area contributed by atoms with Gasteiger partial charge in [0.25, 0.3) is 0 Å². The van der Waals surface area contributed by atoms with E-state index < -0.39 is 17.0 Å². The highest BCUT2D eigenvalue weighted by atomic mass is 16.5. The van der Waals surface area contributed by atoms with Crippen LogP contribution in [-0.2, 0) is 21.4 Å². The summed E-state index contributed by atoms with van der Waals surface area (Å²) in [5, 5.41) is 12.2. The molecule has 174 valence electrons. The Morgan fingerprint density at radius 1 is 0.906 bits per heavy atom. The van der Waals surface area contributed by atoms with E-state index in [0.717, 1.165) is 18.4 Å². The molecule has 7 heteroatoms. The number of unbranched alkanes of at least 4 members (excludes halogenated alkanes) is 1. The lowest BCUT2D eigenvalue weighted by Gasteiger charge is -2.41. The van der Waals surface area contributed by atoms with Crippen molar-refractivity contribution in [3.8, 4) is 23.0 Å². The largest absolute Gasteiger partial charge is 0.497 e. The number of rotatable bonds is 9. The Labute approximate surface area is 189 Å². The maximum Gasteiger partial charge on any atom is 0.323 e. The zero-order chi connectivity index (χ0) is 23.5. The van der Waals surface area contributed by atoms with Gasteiger partial charge in [0.05, 0.1) is 41.2 Å². The van der Waals surface area contributed by atoms with Crippen LogP contribution in [0.15, 0.2) is 30.3 Å². The Morgan fingerprint density at radius 3 is 2.00 bits per heavy atom. The molecule has 0 saturated heterocycles. The molecule has 1 aliphatic rings. The summed E-state index contributed by atoms with van der Waals surface area (Å²) in [6.07, 6.45) is 2.21. The van der Waals surface area contributed by atoms with Gasteiger partial charge in [-0.3, -0.25) is 4.79 Å². The van der Waals surface area contributed by atoms with E-state index in [1.54, 1.807) is 45.6 Å². The second-order valence-corrected chi connectivity index (χ2v) is 8.02. The minimum absolute atomic E-state index is 0.241. The number of hydrogen-bond donors (Lipinski definition) is 1. The van der Waals surface area contributed by atoms with Gasteiger partial charge in [-0.15, -0.1) is 0 Å². The molecule has 7 nitrogen and oxygen atoms in total. The molecule has 2 aromatic rings. The molecule has 0 amide bonds. The standard InChI is InChI=1S/C25H32O7/c1-7-8-9-24(27)15-16-10-18(28-2)14-21(31-5)22(16)25(24,23(26)32-6)17-11-19(29-3)13-20(12-17)30-4/h10-14,27H,7-9,15H2,1-6H3/t24-,25-/m0/s1. The summed E-state index contributed by atoms with van der Waals surface area (Å²) in [7, 11) is 7.52. The summed E-state index contributed by atoms with van der Waals surface area (Å²) < 4.78 is 27.5. The molecule has 0 spiro atoms. The zero-order valence-electron chi connectivity index (χ0n) is 19.6. The molecule has 3 rings (SSSR count). The number of carbonyl (C=O) groups excluding carboxylic acids is 1. The smallest absolute Gasteiger partial charge is 0.323 e. The summed E-state index contributed by atoms with van der Waals surface area (Å²) in [6, 6.07) is 8.78. The number of benzene rings is 2. The monoisotopic (exact) mass is 444 g/mol. The molecule has 0 heterocycles. The Kier molecular flexibility index (Phi) is 6.88. The topological polar surface area (TPSA) is 83.5 Å². The lowest BCUT2D eigenvalue weighted by atomic mass is 9.64. The average Bonchev–Trinajstić information content (AvgIpc) is 3.09. The van der Waals surface area contributed by atoms with E-state index in [4.69, 9.17) is 23.7 Å². The predicted molar refractivity (Wildman–Crippen MR) is 120 cm³/mol. The SMILES string of the molecule is CCCC[C@]1(O)Cc2cc(OC)cc(OC)c2[C@]1(C(=O)OC)c1cc(OC)cc(OC)c1. The Bertz CT molecular complexity index is 964. The molecule has 0 aromatic heterocycles. The fourth-order valence-corrected chi connectivity index (χ4v) is 4.91. The van der Waals surface area contributed by atoms with Crippen molar-refractivity contribution in [3.63, 3.8) is 0 Å². The summed E-state index contributed by atoms with van der Waals surface area (Å²) in [6.45, 7) is 2.05. The highest BCUT2D eigenvalue weighted by molar-refractivity contribution is 5.93. The number of fused-ring (bicyclic) bond motifs is 1. The first kappa shape index (κ1) is 23.7. The van der Waals surface area contributed by atoms with E-state index in [1.807, 2.05) is 13.0 Å². The lowest BCUT2D eigenvalue weighted by Crippen LogP contribution is -2.55. The van der Waals surface area contributed by atoms with Crippen LogP contribution in [0.5, 0.6) is 23.0 Å². The van der Waals surface area contributed by atoms with E-state index >= 15 is 0 Å². The van der Waals surface area contributed by atoms with E-state index in [9.17, 15) is 9.90 Å². The van der Waals surface area contributed by atoms with Gasteiger partial charge in [0, 0.05) is 24.1 Å². The predicted octanol–water partition coefficient (Wildman–Crippen LogP) is 3.66. The Morgan fingerprint density at radius 2 is 1.50 bits per heavy atom. The molecule has 0 bridgehead atoms. The van der Waals surface area contributed by atoms with Gasteiger partial charge in [-0.05, 0) is 35.7 Å². The lowest BCUT2D eigenvalue weighted by molar-refractivity contribution is -0.156. The fourth-order valence-electron chi connectivity index (χ4n) is 4.91. The number of esters is 1. The van der Waals surface area contributed by atoms with Crippen molar-refractivity contribution in [3.05, 3.63) is 47.0 Å². The molecule has 1 aliphatic carbocycles. The van der Waals surface area contributed by atoms with Crippen LogP contribution in [-0.4, -0.2) is 52.2 Å². The highest BCUT2D eigenvalue weighted by Gasteiger charge is 2.65. The van der Waals surface area contributed by atoms with Crippen LogP contribution in [0.4, 0.5) is 0 Å². The van der Waals surface area contributed by atoms with Crippen LogP contribution < -0.4 is 18.9 Å². The average molecular weight is 445 g/mol. The van der Waals surface area contributed by atoms with Crippen LogP contribution in [0, 0.1) is 0 Å². The second kappa shape index (κ2) is 9.28. The van der Waals surface area contributed by atoms with Crippen molar-refractivity contribution in [2.75, 3.05) is 35.5 Å². The molecule has 0 radical (unpaired) electrons. The van der Waals surface area contributed by atoms with E-state index in [0.29, 0.717) is 40.5 Å². The number of ether oxygens (including phenoxy) is 5. The maximum atomic E-state index is 13.7. The van der Waals surface area contributed by atoms with Crippen molar-refractivity contribution in [1.29, 1.82) is 0 Å². The van der Waals surface area contributed by atoms with Gasteiger partial charge in [-0.2, -0.15) is 0 Å². The molecule has 2 atom stereocenters. The van der Waals surface area contributed by atoms with Crippen LogP contribution in [0.1, 0.15) is 42.9 Å². The van der Waals surface area contributed by atoms with Gasteiger partial charge in [0.1, 0.15) is 23.0 Å². The summed E-state index contributed by atoms with van der Waals surface area (Å²) in [4.78, 5) is 13.7. The van der Waals surface area contributed by atoms with E-state index in [-0.39, 0.29) is 6.42 Å². The zero-order valence-corrected chi connectivity index (χ0v) is 19.6. The third-order valence-electron chi connectivity index (χ3n) is 6.39. The van der Waals surface area contributed by atoms with Crippen molar-refractivity contribution in [1.82, 2.24) is 0 Å². The molecule has 2 aromatic carbocycles. The minimum atomic E-state index is -1.55. The molecular formula is C25H32O7. The van der Waals surface area contributed by atoms with Crippen molar-refractivity contribution in [2.45, 2.75) is 43.6 Å². The second-order valence-electron chi connectivity index (χ2n) is 8.02. The van der Waals surface area contributed by atoms with E-state index in [2.05, 4.69) is 0 Å². The normalized spacial score (nSPS) is 21.6. The molecule has 0 fully saturated rings. The number of aliphatic hydroxyl groups is 1. The Hall–Kier alpha value is -2.93. The number of hydrogen-bond acceptors (Lipinski definition) is 7. The molecular weight excluding hydrogens is 412 g/mol. The van der Waals surface area contributed by atoms with Gasteiger partial charge >= 0.3 is 5.97 Å². The quantitative estimate of drug-likeness (QED) is 0.591. The first-order chi connectivity index (χ1) is 15.3. The van der Waals surface area contributed by atoms with Gasteiger partial charge in [0.15, 0.2) is 5.41 Å². The highest BCUT2D eigenvalue weighted by Crippen LogP contribution is 2.57. The van der Waals surface area contributed by atoms with Gasteiger partial charge < -0.3 is 28.8 Å². The fraction of sp³-hybridized carbons (Fsp3) is 0.480.